The first-order valence-corrected chi connectivity index (χ1v) is 11.5. The summed E-state index contributed by atoms with van der Waals surface area (Å²) in [7, 11) is 0. The van der Waals surface area contributed by atoms with Crippen molar-refractivity contribution in [2.75, 3.05) is 32.8 Å². The Bertz CT molecular complexity index is 1220. The smallest absolute Gasteiger partial charge is 0.290 e. The van der Waals surface area contributed by atoms with Crippen LogP contribution in [0.2, 0.25) is 0 Å². The van der Waals surface area contributed by atoms with Crippen LogP contribution in [0.15, 0.2) is 51.7 Å². The largest absolute Gasteiger partial charge is 0.494 e. The lowest BCUT2D eigenvalue weighted by Gasteiger charge is -2.26. The lowest BCUT2D eigenvalue weighted by molar-refractivity contribution is 0.0718. The summed E-state index contributed by atoms with van der Waals surface area (Å²) < 4.78 is 26.4. The van der Waals surface area contributed by atoms with Crippen molar-refractivity contribution in [3.63, 3.8) is 0 Å². The first kappa shape index (κ1) is 23.0. The van der Waals surface area contributed by atoms with E-state index in [9.17, 15) is 14.0 Å². The number of carbonyl (C=O) groups excluding carboxylic acids is 1. The van der Waals surface area contributed by atoms with Gasteiger partial charge in [0.2, 0.25) is 5.76 Å². The Morgan fingerprint density at radius 1 is 1.09 bits per heavy atom. The number of hydrogen-bond acceptors (Lipinski definition) is 5. The minimum absolute atomic E-state index is 0.0164. The van der Waals surface area contributed by atoms with E-state index >= 15 is 0 Å². The standard InChI is InChI=1S/C26H29FN2O4/c1-4-28(5-2)14-9-15-29-23(18-10-7-8-11-20(18)27)22-24(30)19-13-12-17(32-6-3)16-21(19)33-25(22)26(29)31/h7-8,10-13,16,23H,4-6,9,14-15H2,1-3H3. The van der Waals surface area contributed by atoms with E-state index < -0.39 is 17.8 Å². The summed E-state index contributed by atoms with van der Waals surface area (Å²) in [6.07, 6.45) is 0.703. The molecule has 2 aromatic carbocycles. The second kappa shape index (κ2) is 9.75. The molecule has 0 aliphatic carbocycles. The number of rotatable bonds is 9. The van der Waals surface area contributed by atoms with Gasteiger partial charge in [-0.15, -0.1) is 0 Å². The third kappa shape index (κ3) is 4.25. The molecule has 1 aliphatic heterocycles. The van der Waals surface area contributed by atoms with Crippen molar-refractivity contribution in [2.24, 2.45) is 0 Å². The van der Waals surface area contributed by atoms with Crippen LogP contribution < -0.4 is 10.2 Å². The number of nitrogens with zero attached hydrogens (tertiary/aromatic N) is 2. The van der Waals surface area contributed by atoms with E-state index in [2.05, 4.69) is 18.7 Å². The molecule has 1 aromatic heterocycles. The number of ether oxygens (including phenoxy) is 1. The number of benzene rings is 2. The highest BCUT2D eigenvalue weighted by Crippen LogP contribution is 2.39. The molecule has 4 rings (SSSR count). The molecule has 1 aliphatic rings. The lowest BCUT2D eigenvalue weighted by atomic mass is 9.98. The number of fused-ring (bicyclic) bond motifs is 2. The number of hydrogen-bond donors (Lipinski definition) is 0. The van der Waals surface area contributed by atoms with Crippen LogP contribution in [0.4, 0.5) is 4.39 Å². The number of carbonyl (C=O) groups is 1. The van der Waals surface area contributed by atoms with Crippen LogP contribution in [0.3, 0.4) is 0 Å². The van der Waals surface area contributed by atoms with Crippen LogP contribution in [-0.4, -0.2) is 48.5 Å². The van der Waals surface area contributed by atoms with Gasteiger partial charge in [-0.1, -0.05) is 32.0 Å². The monoisotopic (exact) mass is 452 g/mol. The van der Waals surface area contributed by atoms with E-state index in [-0.39, 0.29) is 22.3 Å². The van der Waals surface area contributed by atoms with Crippen LogP contribution in [0, 0.1) is 5.82 Å². The number of amides is 1. The zero-order valence-electron chi connectivity index (χ0n) is 19.3. The topological polar surface area (TPSA) is 63.0 Å². The third-order valence-corrected chi connectivity index (χ3v) is 6.22. The molecule has 1 atom stereocenters. The maximum atomic E-state index is 14.9. The van der Waals surface area contributed by atoms with Crippen LogP contribution >= 0.6 is 0 Å². The van der Waals surface area contributed by atoms with Crippen molar-refractivity contribution in [2.45, 2.75) is 33.2 Å². The van der Waals surface area contributed by atoms with Crippen LogP contribution in [0.1, 0.15) is 54.9 Å². The Morgan fingerprint density at radius 3 is 2.55 bits per heavy atom. The molecule has 0 N–H and O–H groups in total. The van der Waals surface area contributed by atoms with Crippen molar-refractivity contribution in [3.05, 3.63) is 75.4 Å². The molecule has 0 bridgehead atoms. The van der Waals surface area contributed by atoms with Crippen LogP contribution in [0.25, 0.3) is 11.0 Å². The van der Waals surface area contributed by atoms with Crippen molar-refractivity contribution in [1.29, 1.82) is 0 Å². The molecule has 0 radical (unpaired) electrons. The lowest BCUT2D eigenvalue weighted by Crippen LogP contribution is -2.33. The van der Waals surface area contributed by atoms with Gasteiger partial charge in [-0.25, -0.2) is 4.39 Å². The van der Waals surface area contributed by atoms with Gasteiger partial charge in [0.25, 0.3) is 5.91 Å². The first-order valence-electron chi connectivity index (χ1n) is 11.5. The van der Waals surface area contributed by atoms with Gasteiger partial charge in [-0.05, 0) is 51.2 Å². The molecule has 6 nitrogen and oxygen atoms in total. The SMILES string of the molecule is CCOc1ccc2c(=O)c3c(oc2c1)C(=O)N(CCCN(CC)CC)C3c1ccccc1F. The third-order valence-electron chi connectivity index (χ3n) is 6.22. The molecule has 2 heterocycles. The molecule has 174 valence electrons. The molecule has 1 amide bonds. The van der Waals surface area contributed by atoms with E-state index in [0.29, 0.717) is 36.3 Å². The molecule has 0 saturated heterocycles. The zero-order valence-corrected chi connectivity index (χ0v) is 19.3. The average molecular weight is 453 g/mol. The number of halogens is 1. The normalized spacial score (nSPS) is 15.5. The summed E-state index contributed by atoms with van der Waals surface area (Å²) in [5.41, 5.74) is 0.465. The Morgan fingerprint density at radius 2 is 1.85 bits per heavy atom. The average Bonchev–Trinajstić information content (AvgIpc) is 3.09. The minimum Gasteiger partial charge on any atom is -0.494 e. The van der Waals surface area contributed by atoms with E-state index in [1.54, 1.807) is 41.3 Å². The molecule has 1 unspecified atom stereocenters. The Kier molecular flexibility index (Phi) is 6.79. The Hall–Kier alpha value is -3.19. The van der Waals surface area contributed by atoms with Crippen LogP contribution in [0.5, 0.6) is 5.75 Å². The second-order valence-electron chi connectivity index (χ2n) is 8.07. The van der Waals surface area contributed by atoms with E-state index in [0.717, 1.165) is 19.6 Å². The summed E-state index contributed by atoms with van der Waals surface area (Å²) in [6.45, 7) is 9.53. The van der Waals surface area contributed by atoms with Gasteiger partial charge in [0, 0.05) is 18.2 Å². The molecule has 7 heteroatoms. The Labute approximate surface area is 192 Å². The summed E-state index contributed by atoms with van der Waals surface area (Å²) in [5.74, 6) is -0.306. The van der Waals surface area contributed by atoms with Crippen molar-refractivity contribution in [3.8, 4) is 5.75 Å². The van der Waals surface area contributed by atoms with E-state index in [1.807, 2.05) is 6.92 Å². The molecular formula is C26H29FN2O4. The van der Waals surface area contributed by atoms with Gasteiger partial charge >= 0.3 is 0 Å². The fraction of sp³-hybridized carbons (Fsp3) is 0.385. The predicted octanol–water partition coefficient (Wildman–Crippen LogP) is 4.61. The highest BCUT2D eigenvalue weighted by Gasteiger charge is 2.43. The quantitative estimate of drug-likeness (QED) is 0.475. The highest BCUT2D eigenvalue weighted by atomic mass is 19.1. The summed E-state index contributed by atoms with van der Waals surface area (Å²) in [5, 5.41) is 0.344. The predicted molar refractivity (Wildman–Crippen MR) is 125 cm³/mol. The summed E-state index contributed by atoms with van der Waals surface area (Å²) in [4.78, 5) is 30.8. The molecule has 0 saturated carbocycles. The summed E-state index contributed by atoms with van der Waals surface area (Å²) >= 11 is 0. The van der Waals surface area contributed by atoms with E-state index in [4.69, 9.17) is 9.15 Å². The summed E-state index contributed by atoms with van der Waals surface area (Å²) in [6, 6.07) is 10.4. The maximum Gasteiger partial charge on any atom is 0.290 e. The van der Waals surface area contributed by atoms with Crippen LogP contribution in [-0.2, 0) is 0 Å². The minimum atomic E-state index is -0.822. The molecule has 0 spiro atoms. The van der Waals surface area contributed by atoms with Gasteiger partial charge in [-0.2, -0.15) is 0 Å². The van der Waals surface area contributed by atoms with Crippen molar-refractivity contribution < 1.29 is 18.3 Å². The highest BCUT2D eigenvalue weighted by molar-refractivity contribution is 5.99. The van der Waals surface area contributed by atoms with Gasteiger partial charge in [0.1, 0.15) is 17.1 Å². The maximum absolute atomic E-state index is 14.9. The second-order valence-corrected chi connectivity index (χ2v) is 8.07. The zero-order chi connectivity index (χ0) is 23.5. The Balaban J connectivity index is 1.81. The van der Waals surface area contributed by atoms with Gasteiger partial charge in [-0.3, -0.25) is 9.59 Å². The van der Waals surface area contributed by atoms with E-state index in [1.165, 1.54) is 6.07 Å². The molecule has 33 heavy (non-hydrogen) atoms. The van der Waals surface area contributed by atoms with Crippen molar-refractivity contribution >= 4 is 16.9 Å². The van der Waals surface area contributed by atoms with Gasteiger partial charge in [0.05, 0.1) is 23.6 Å². The fourth-order valence-electron chi connectivity index (χ4n) is 4.51. The molecule has 3 aromatic rings. The van der Waals surface area contributed by atoms with Gasteiger partial charge in [0.15, 0.2) is 5.43 Å². The van der Waals surface area contributed by atoms with Crippen molar-refractivity contribution in [1.82, 2.24) is 9.80 Å². The first-order chi connectivity index (χ1) is 16.0. The molecule has 0 fully saturated rings. The fourth-order valence-corrected chi connectivity index (χ4v) is 4.51. The van der Waals surface area contributed by atoms with Gasteiger partial charge < -0.3 is 19.0 Å². The molecular weight excluding hydrogens is 423 g/mol.